The Labute approximate surface area is 124 Å². The van der Waals surface area contributed by atoms with Gasteiger partial charge < -0.3 is 9.84 Å². The summed E-state index contributed by atoms with van der Waals surface area (Å²) in [6.45, 7) is 2.48. The lowest BCUT2D eigenvalue weighted by Gasteiger charge is -2.40. The molecule has 5 nitrogen and oxygen atoms in total. The van der Waals surface area contributed by atoms with Crippen molar-refractivity contribution in [2.75, 3.05) is 7.11 Å². The SMILES string of the molecule is COC(=O)C(C)N(Cc1ccc(C(=O)O)cc1)C1CCC1. The number of carbonyl (C=O) groups is 2. The summed E-state index contributed by atoms with van der Waals surface area (Å²) in [5, 5.41) is 8.91. The van der Waals surface area contributed by atoms with Crippen molar-refractivity contribution < 1.29 is 19.4 Å². The molecule has 0 saturated heterocycles. The fraction of sp³-hybridized carbons (Fsp3) is 0.500. The van der Waals surface area contributed by atoms with Gasteiger partial charge in [0.05, 0.1) is 12.7 Å². The van der Waals surface area contributed by atoms with Gasteiger partial charge in [-0.25, -0.2) is 4.79 Å². The van der Waals surface area contributed by atoms with Gasteiger partial charge in [-0.2, -0.15) is 0 Å². The number of ether oxygens (including phenoxy) is 1. The maximum atomic E-state index is 11.8. The molecule has 1 fully saturated rings. The molecular weight excluding hydrogens is 270 g/mol. The number of carbonyl (C=O) groups excluding carboxylic acids is 1. The number of hydrogen-bond donors (Lipinski definition) is 1. The standard InChI is InChI=1S/C16H21NO4/c1-11(16(20)21-2)17(14-4-3-5-14)10-12-6-8-13(9-7-12)15(18)19/h6-9,11,14H,3-5,10H2,1-2H3,(H,18,19). The van der Waals surface area contributed by atoms with Gasteiger partial charge in [-0.15, -0.1) is 0 Å². The third-order valence-electron chi connectivity index (χ3n) is 4.15. The van der Waals surface area contributed by atoms with Gasteiger partial charge in [0.2, 0.25) is 0 Å². The number of carboxylic acids is 1. The molecule has 1 N–H and O–H groups in total. The highest BCUT2D eigenvalue weighted by molar-refractivity contribution is 5.87. The second-order valence-electron chi connectivity index (χ2n) is 5.46. The van der Waals surface area contributed by atoms with E-state index in [-0.39, 0.29) is 17.6 Å². The van der Waals surface area contributed by atoms with Crippen molar-refractivity contribution in [1.29, 1.82) is 0 Å². The number of carboxylic acid groups (broad SMARTS) is 1. The van der Waals surface area contributed by atoms with Gasteiger partial charge in [0, 0.05) is 12.6 Å². The van der Waals surface area contributed by atoms with Crippen LogP contribution in [0.4, 0.5) is 0 Å². The Balaban J connectivity index is 2.10. The van der Waals surface area contributed by atoms with Crippen molar-refractivity contribution in [3.63, 3.8) is 0 Å². The molecule has 5 heteroatoms. The van der Waals surface area contributed by atoms with Crippen LogP contribution in [0.15, 0.2) is 24.3 Å². The molecule has 0 bridgehead atoms. The summed E-state index contributed by atoms with van der Waals surface area (Å²) in [6, 6.07) is 6.91. The van der Waals surface area contributed by atoms with E-state index in [0.29, 0.717) is 12.6 Å². The maximum Gasteiger partial charge on any atom is 0.335 e. The molecule has 0 spiro atoms. The Hall–Kier alpha value is -1.88. The first kappa shape index (κ1) is 15.5. The van der Waals surface area contributed by atoms with Crippen LogP contribution in [0.3, 0.4) is 0 Å². The molecule has 21 heavy (non-hydrogen) atoms. The predicted molar refractivity (Wildman–Crippen MR) is 78.1 cm³/mol. The Morgan fingerprint density at radius 1 is 1.33 bits per heavy atom. The summed E-state index contributed by atoms with van der Waals surface area (Å²) in [7, 11) is 1.40. The molecule has 0 heterocycles. The summed E-state index contributed by atoms with van der Waals surface area (Å²) < 4.78 is 4.84. The second kappa shape index (κ2) is 6.72. The first-order chi connectivity index (χ1) is 10.0. The van der Waals surface area contributed by atoms with Crippen LogP contribution >= 0.6 is 0 Å². The predicted octanol–water partition coefficient (Wildman–Crippen LogP) is 2.30. The van der Waals surface area contributed by atoms with Crippen molar-refractivity contribution in [1.82, 2.24) is 4.90 Å². The molecule has 1 aromatic carbocycles. The van der Waals surface area contributed by atoms with Gasteiger partial charge in [0.1, 0.15) is 6.04 Å². The monoisotopic (exact) mass is 291 g/mol. The van der Waals surface area contributed by atoms with E-state index in [1.54, 1.807) is 24.3 Å². The molecule has 1 aliphatic carbocycles. The van der Waals surface area contributed by atoms with Gasteiger partial charge in [0.25, 0.3) is 0 Å². The highest BCUT2D eigenvalue weighted by atomic mass is 16.5. The van der Waals surface area contributed by atoms with Crippen LogP contribution in [0.5, 0.6) is 0 Å². The van der Waals surface area contributed by atoms with E-state index >= 15 is 0 Å². The van der Waals surface area contributed by atoms with Crippen LogP contribution < -0.4 is 0 Å². The Kier molecular flexibility index (Phi) is 4.96. The minimum absolute atomic E-state index is 0.232. The zero-order chi connectivity index (χ0) is 15.4. The summed E-state index contributed by atoms with van der Waals surface area (Å²) in [4.78, 5) is 24.8. The van der Waals surface area contributed by atoms with E-state index in [2.05, 4.69) is 4.90 Å². The normalized spacial score (nSPS) is 16.3. The van der Waals surface area contributed by atoms with Gasteiger partial charge in [-0.05, 0) is 37.5 Å². The Bertz CT molecular complexity index is 508. The fourth-order valence-electron chi connectivity index (χ4n) is 2.57. The smallest absolute Gasteiger partial charge is 0.335 e. The van der Waals surface area contributed by atoms with Crippen LogP contribution in [0.2, 0.25) is 0 Å². The quantitative estimate of drug-likeness (QED) is 0.815. The zero-order valence-corrected chi connectivity index (χ0v) is 12.4. The van der Waals surface area contributed by atoms with E-state index in [0.717, 1.165) is 18.4 Å². The number of hydrogen-bond acceptors (Lipinski definition) is 4. The summed E-state index contributed by atoms with van der Waals surface area (Å²) in [6.07, 6.45) is 3.37. The Morgan fingerprint density at radius 2 is 1.95 bits per heavy atom. The molecular formula is C16H21NO4. The van der Waals surface area contributed by atoms with Crippen LogP contribution in [0.1, 0.15) is 42.1 Å². The number of rotatable bonds is 6. The van der Waals surface area contributed by atoms with E-state index in [9.17, 15) is 9.59 Å². The van der Waals surface area contributed by atoms with Gasteiger partial charge in [0.15, 0.2) is 0 Å². The van der Waals surface area contributed by atoms with Gasteiger partial charge in [-0.1, -0.05) is 18.6 Å². The molecule has 0 aliphatic heterocycles. The lowest BCUT2D eigenvalue weighted by Crippen LogP contribution is -2.48. The molecule has 1 unspecified atom stereocenters. The number of aromatic carboxylic acids is 1. The molecule has 2 rings (SSSR count). The van der Waals surface area contributed by atoms with E-state index in [1.165, 1.54) is 13.5 Å². The van der Waals surface area contributed by atoms with Crippen molar-refractivity contribution in [2.24, 2.45) is 0 Å². The van der Waals surface area contributed by atoms with Crippen molar-refractivity contribution in [3.05, 3.63) is 35.4 Å². The highest BCUT2D eigenvalue weighted by Crippen LogP contribution is 2.28. The third kappa shape index (κ3) is 3.61. The van der Waals surface area contributed by atoms with Crippen molar-refractivity contribution in [2.45, 2.75) is 44.8 Å². The van der Waals surface area contributed by atoms with E-state index < -0.39 is 5.97 Å². The molecule has 1 aliphatic rings. The minimum Gasteiger partial charge on any atom is -0.478 e. The molecule has 0 amide bonds. The number of nitrogens with zero attached hydrogens (tertiary/aromatic N) is 1. The second-order valence-corrected chi connectivity index (χ2v) is 5.46. The average molecular weight is 291 g/mol. The number of esters is 1. The molecule has 114 valence electrons. The van der Waals surface area contributed by atoms with Crippen molar-refractivity contribution in [3.8, 4) is 0 Å². The maximum absolute atomic E-state index is 11.8. The molecule has 1 saturated carbocycles. The highest BCUT2D eigenvalue weighted by Gasteiger charge is 2.32. The first-order valence-corrected chi connectivity index (χ1v) is 7.18. The Morgan fingerprint density at radius 3 is 2.38 bits per heavy atom. The van der Waals surface area contributed by atoms with E-state index in [4.69, 9.17) is 9.84 Å². The van der Waals surface area contributed by atoms with Gasteiger partial charge in [-0.3, -0.25) is 9.69 Å². The van der Waals surface area contributed by atoms with Gasteiger partial charge >= 0.3 is 11.9 Å². The summed E-state index contributed by atoms with van der Waals surface area (Å²) in [5.41, 5.74) is 1.28. The van der Waals surface area contributed by atoms with Crippen LogP contribution in [-0.4, -0.2) is 41.1 Å². The summed E-state index contributed by atoms with van der Waals surface area (Å²) in [5.74, 6) is -1.16. The third-order valence-corrected chi connectivity index (χ3v) is 4.15. The molecule has 0 radical (unpaired) electrons. The molecule has 0 aromatic heterocycles. The molecule has 1 atom stereocenters. The minimum atomic E-state index is -0.930. The number of benzene rings is 1. The van der Waals surface area contributed by atoms with Crippen LogP contribution in [-0.2, 0) is 16.1 Å². The van der Waals surface area contributed by atoms with Crippen LogP contribution in [0, 0.1) is 0 Å². The fourth-order valence-corrected chi connectivity index (χ4v) is 2.57. The van der Waals surface area contributed by atoms with E-state index in [1.807, 2.05) is 6.92 Å². The number of methoxy groups -OCH3 is 1. The topological polar surface area (TPSA) is 66.8 Å². The summed E-state index contributed by atoms with van der Waals surface area (Å²) >= 11 is 0. The lowest BCUT2D eigenvalue weighted by molar-refractivity contribution is -0.148. The van der Waals surface area contributed by atoms with Crippen molar-refractivity contribution >= 4 is 11.9 Å². The first-order valence-electron chi connectivity index (χ1n) is 7.18. The largest absolute Gasteiger partial charge is 0.478 e. The molecule has 1 aromatic rings. The zero-order valence-electron chi connectivity index (χ0n) is 12.4. The van der Waals surface area contributed by atoms with Crippen LogP contribution in [0.25, 0.3) is 0 Å². The average Bonchev–Trinajstić information content (AvgIpc) is 2.43. The lowest BCUT2D eigenvalue weighted by atomic mass is 9.90.